The molecule has 0 aliphatic carbocycles. The number of nitrogens with one attached hydrogen (secondary N) is 1. The lowest BCUT2D eigenvalue weighted by atomic mass is 10.1. The Morgan fingerprint density at radius 2 is 1.52 bits per heavy atom. The lowest BCUT2D eigenvalue weighted by Crippen LogP contribution is -2.22. The number of carboxylic acids is 1. The Morgan fingerprint density at radius 1 is 0.952 bits per heavy atom. The van der Waals surface area contributed by atoms with E-state index in [1.54, 1.807) is 24.3 Å². The van der Waals surface area contributed by atoms with Crippen molar-refractivity contribution in [3.63, 3.8) is 0 Å². The van der Waals surface area contributed by atoms with E-state index in [4.69, 9.17) is 5.11 Å². The number of aromatic carboxylic acids is 1. The number of carbonyl (C=O) groups is 3. The van der Waals surface area contributed by atoms with Crippen molar-refractivity contribution in [1.29, 1.82) is 0 Å². The van der Waals surface area contributed by atoms with Crippen molar-refractivity contribution in [1.82, 2.24) is 5.32 Å². The molecular weight excluding hydrogens is 270 g/mol. The first-order chi connectivity index (χ1) is 10.1. The van der Waals surface area contributed by atoms with E-state index in [1.165, 1.54) is 24.3 Å². The maximum Gasteiger partial charge on any atom is 0.335 e. The van der Waals surface area contributed by atoms with Gasteiger partial charge in [0, 0.05) is 17.7 Å². The topological polar surface area (TPSA) is 83.5 Å². The lowest BCUT2D eigenvalue weighted by molar-refractivity contribution is 0.0696. The molecule has 0 radical (unpaired) electrons. The van der Waals surface area contributed by atoms with Crippen LogP contribution in [0.3, 0.4) is 0 Å². The van der Waals surface area contributed by atoms with Gasteiger partial charge in [0.25, 0.3) is 5.91 Å². The highest BCUT2D eigenvalue weighted by Gasteiger charge is 2.07. The zero-order chi connectivity index (χ0) is 15.2. The van der Waals surface area contributed by atoms with E-state index < -0.39 is 5.97 Å². The van der Waals surface area contributed by atoms with Gasteiger partial charge in [-0.3, -0.25) is 9.59 Å². The fourth-order valence-electron chi connectivity index (χ4n) is 1.76. The van der Waals surface area contributed by atoms with Crippen LogP contribution < -0.4 is 5.32 Å². The second-order valence-corrected chi connectivity index (χ2v) is 4.42. The van der Waals surface area contributed by atoms with Crippen LogP contribution in [0.4, 0.5) is 0 Å². The van der Waals surface area contributed by atoms with Gasteiger partial charge in [0.2, 0.25) is 0 Å². The third-order valence-corrected chi connectivity index (χ3v) is 2.96. The van der Waals surface area contributed by atoms with Gasteiger partial charge in [-0.15, -0.1) is 0 Å². The largest absolute Gasteiger partial charge is 0.478 e. The highest BCUT2D eigenvalue weighted by molar-refractivity contribution is 5.95. The number of hydrogen-bond donors (Lipinski definition) is 2. The van der Waals surface area contributed by atoms with Gasteiger partial charge < -0.3 is 10.4 Å². The molecule has 0 aliphatic rings. The number of carboxylic acid groups (broad SMARTS) is 1. The normalized spacial score (nSPS) is 9.90. The Bertz CT molecular complexity index is 660. The molecule has 2 N–H and O–H groups in total. The monoisotopic (exact) mass is 283 g/mol. The van der Waals surface area contributed by atoms with E-state index in [1.807, 2.05) is 0 Å². The Morgan fingerprint density at radius 3 is 2.05 bits per heavy atom. The summed E-state index contributed by atoms with van der Waals surface area (Å²) >= 11 is 0. The molecule has 0 aromatic heterocycles. The van der Waals surface area contributed by atoms with Crippen molar-refractivity contribution >= 4 is 18.2 Å². The Labute approximate surface area is 121 Å². The molecule has 0 saturated carbocycles. The first kappa shape index (κ1) is 14.5. The first-order valence-electron chi connectivity index (χ1n) is 6.26. The van der Waals surface area contributed by atoms with Gasteiger partial charge in [0.05, 0.1) is 5.56 Å². The predicted octanol–water partition coefficient (Wildman–Crippen LogP) is 2.13. The third kappa shape index (κ3) is 3.76. The summed E-state index contributed by atoms with van der Waals surface area (Å²) < 4.78 is 0. The molecule has 1 amide bonds. The number of aldehydes is 1. The molecular formula is C16H13NO4. The van der Waals surface area contributed by atoms with Gasteiger partial charge in [0.1, 0.15) is 6.29 Å². The van der Waals surface area contributed by atoms with Crippen molar-refractivity contribution in [2.75, 3.05) is 0 Å². The van der Waals surface area contributed by atoms with Crippen molar-refractivity contribution in [3.8, 4) is 0 Å². The molecule has 0 saturated heterocycles. The van der Waals surface area contributed by atoms with Crippen LogP contribution in [0, 0.1) is 0 Å². The third-order valence-electron chi connectivity index (χ3n) is 2.96. The number of benzene rings is 2. The van der Waals surface area contributed by atoms with E-state index in [-0.39, 0.29) is 11.5 Å². The molecule has 2 aromatic rings. The van der Waals surface area contributed by atoms with E-state index >= 15 is 0 Å². The number of carbonyl (C=O) groups excluding carboxylic acids is 2. The van der Waals surface area contributed by atoms with Crippen LogP contribution in [-0.4, -0.2) is 23.3 Å². The Balaban J connectivity index is 1.97. The quantitative estimate of drug-likeness (QED) is 0.823. The summed E-state index contributed by atoms with van der Waals surface area (Å²) in [6.07, 6.45) is 0.756. The average molecular weight is 283 g/mol. The number of amides is 1. The molecule has 5 nitrogen and oxygen atoms in total. The van der Waals surface area contributed by atoms with Crippen molar-refractivity contribution in [2.45, 2.75) is 6.54 Å². The van der Waals surface area contributed by atoms with Gasteiger partial charge in [-0.2, -0.15) is 0 Å². The Hall–Kier alpha value is -2.95. The number of hydrogen-bond acceptors (Lipinski definition) is 3. The second kappa shape index (κ2) is 6.47. The van der Waals surface area contributed by atoms with E-state index in [9.17, 15) is 14.4 Å². The van der Waals surface area contributed by atoms with E-state index in [0.29, 0.717) is 17.7 Å². The molecule has 0 atom stereocenters. The fourth-order valence-corrected chi connectivity index (χ4v) is 1.76. The van der Waals surface area contributed by atoms with Crippen molar-refractivity contribution in [2.24, 2.45) is 0 Å². The minimum Gasteiger partial charge on any atom is -0.478 e. The summed E-state index contributed by atoms with van der Waals surface area (Å²) in [5.41, 5.74) is 1.98. The van der Waals surface area contributed by atoms with Crippen LogP contribution in [0.25, 0.3) is 0 Å². The molecule has 2 aromatic carbocycles. The fraction of sp³-hybridized carbons (Fsp3) is 0.0625. The van der Waals surface area contributed by atoms with Gasteiger partial charge in [0.15, 0.2) is 0 Å². The van der Waals surface area contributed by atoms with Crippen LogP contribution in [0.1, 0.15) is 36.6 Å². The molecule has 21 heavy (non-hydrogen) atoms. The summed E-state index contributed by atoms with van der Waals surface area (Å²) in [6.45, 7) is 0.332. The van der Waals surface area contributed by atoms with Crippen molar-refractivity contribution < 1.29 is 19.5 Å². The highest BCUT2D eigenvalue weighted by Crippen LogP contribution is 2.06. The molecule has 0 unspecified atom stereocenters. The lowest BCUT2D eigenvalue weighted by Gasteiger charge is -2.06. The van der Waals surface area contributed by atoms with Gasteiger partial charge in [-0.25, -0.2) is 4.79 Å². The summed E-state index contributed by atoms with van der Waals surface area (Å²) in [7, 11) is 0. The smallest absolute Gasteiger partial charge is 0.335 e. The van der Waals surface area contributed by atoms with E-state index in [2.05, 4.69) is 5.32 Å². The summed E-state index contributed by atoms with van der Waals surface area (Å²) in [5.74, 6) is -1.32. The van der Waals surface area contributed by atoms with Gasteiger partial charge in [-0.1, -0.05) is 24.3 Å². The SMILES string of the molecule is O=Cc1ccc(CNC(=O)c2ccc(C(=O)O)cc2)cc1. The first-order valence-corrected chi connectivity index (χ1v) is 6.26. The number of rotatable bonds is 5. The van der Waals surface area contributed by atoms with Crippen LogP contribution >= 0.6 is 0 Å². The maximum absolute atomic E-state index is 11.9. The van der Waals surface area contributed by atoms with Crippen LogP contribution in [0.5, 0.6) is 0 Å². The Kier molecular flexibility index (Phi) is 4.46. The van der Waals surface area contributed by atoms with Gasteiger partial charge >= 0.3 is 5.97 Å². The minimum absolute atomic E-state index is 0.135. The summed E-state index contributed by atoms with van der Waals surface area (Å²) in [5, 5.41) is 11.5. The standard InChI is InChI=1S/C16H13NO4/c18-10-12-3-1-11(2-4-12)9-17-15(19)13-5-7-14(8-6-13)16(20)21/h1-8,10H,9H2,(H,17,19)(H,20,21). The molecule has 0 heterocycles. The zero-order valence-corrected chi connectivity index (χ0v) is 11.1. The molecule has 0 spiro atoms. The van der Waals surface area contributed by atoms with Crippen molar-refractivity contribution in [3.05, 3.63) is 70.8 Å². The second-order valence-electron chi connectivity index (χ2n) is 4.42. The predicted molar refractivity (Wildman–Crippen MR) is 76.4 cm³/mol. The van der Waals surface area contributed by atoms with Crippen LogP contribution in [-0.2, 0) is 6.54 Å². The average Bonchev–Trinajstić information content (AvgIpc) is 2.53. The van der Waals surface area contributed by atoms with Gasteiger partial charge in [-0.05, 0) is 29.8 Å². The summed E-state index contributed by atoms with van der Waals surface area (Å²) in [4.78, 5) is 33.2. The highest BCUT2D eigenvalue weighted by atomic mass is 16.4. The van der Waals surface area contributed by atoms with E-state index in [0.717, 1.165) is 11.8 Å². The molecule has 0 aliphatic heterocycles. The molecule has 2 rings (SSSR count). The molecule has 0 fully saturated rings. The van der Waals surface area contributed by atoms with Crippen LogP contribution in [0.2, 0.25) is 0 Å². The molecule has 106 valence electrons. The molecule has 0 bridgehead atoms. The summed E-state index contributed by atoms with van der Waals surface area (Å²) in [6, 6.07) is 12.6. The zero-order valence-electron chi connectivity index (χ0n) is 11.1. The maximum atomic E-state index is 11.9. The minimum atomic E-state index is -1.03. The molecule has 5 heteroatoms. The van der Waals surface area contributed by atoms with Crippen LogP contribution in [0.15, 0.2) is 48.5 Å².